The fourth-order valence-corrected chi connectivity index (χ4v) is 0.917. The minimum Gasteiger partial charge on any atom is -0.491 e. The van der Waals surface area contributed by atoms with Gasteiger partial charge in [-0.3, -0.25) is 0 Å². The van der Waals surface area contributed by atoms with Crippen molar-refractivity contribution >= 4 is 5.69 Å². The van der Waals surface area contributed by atoms with Crippen LogP contribution in [0.25, 0.3) is 0 Å². The van der Waals surface area contributed by atoms with Crippen molar-refractivity contribution < 1.29 is 9.47 Å². The molecule has 1 atom stereocenters. The van der Waals surface area contributed by atoms with Crippen molar-refractivity contribution in [3.05, 3.63) is 24.3 Å². The van der Waals surface area contributed by atoms with E-state index in [0.29, 0.717) is 12.7 Å². The number of anilines is 1. The Bertz CT molecular complexity index is 254. The highest BCUT2D eigenvalue weighted by Gasteiger charge is 2.22. The van der Waals surface area contributed by atoms with Crippen LogP contribution < -0.4 is 10.5 Å². The fourth-order valence-electron chi connectivity index (χ4n) is 0.917. The van der Waals surface area contributed by atoms with E-state index in [1.54, 1.807) is 0 Å². The molecule has 0 aromatic heterocycles. The molecular formula is C9H11NO2. The molecule has 0 aliphatic carbocycles. The van der Waals surface area contributed by atoms with E-state index in [1.165, 1.54) is 0 Å². The molecule has 0 saturated carbocycles. The average molecular weight is 165 g/mol. The second-order valence-electron chi connectivity index (χ2n) is 2.84. The van der Waals surface area contributed by atoms with Crippen LogP contribution in [0, 0.1) is 0 Å². The molecule has 3 nitrogen and oxygen atoms in total. The normalized spacial score (nSPS) is 20.5. The van der Waals surface area contributed by atoms with Crippen LogP contribution in [0.5, 0.6) is 5.75 Å². The van der Waals surface area contributed by atoms with Crippen molar-refractivity contribution in [2.75, 3.05) is 18.9 Å². The number of hydrogen-bond acceptors (Lipinski definition) is 3. The van der Waals surface area contributed by atoms with Gasteiger partial charge in [0.05, 0.1) is 6.61 Å². The zero-order valence-electron chi connectivity index (χ0n) is 6.69. The van der Waals surface area contributed by atoms with E-state index in [0.717, 1.165) is 18.0 Å². The van der Waals surface area contributed by atoms with Crippen molar-refractivity contribution in [1.29, 1.82) is 0 Å². The molecule has 0 amide bonds. The maximum absolute atomic E-state index is 5.51. The highest BCUT2D eigenvalue weighted by molar-refractivity contribution is 5.41. The topological polar surface area (TPSA) is 47.8 Å². The summed E-state index contributed by atoms with van der Waals surface area (Å²) in [5.74, 6) is 0.847. The molecule has 64 valence electrons. The van der Waals surface area contributed by atoms with Crippen LogP contribution in [0.3, 0.4) is 0 Å². The molecule has 0 unspecified atom stereocenters. The van der Waals surface area contributed by atoms with Crippen LogP contribution in [0.4, 0.5) is 5.69 Å². The Kier molecular flexibility index (Phi) is 1.87. The Balaban J connectivity index is 1.89. The van der Waals surface area contributed by atoms with Crippen LogP contribution in [-0.4, -0.2) is 19.3 Å². The summed E-state index contributed by atoms with van der Waals surface area (Å²) in [6, 6.07) is 7.36. The van der Waals surface area contributed by atoms with Crippen molar-refractivity contribution in [3.8, 4) is 5.75 Å². The third kappa shape index (κ3) is 1.89. The molecule has 1 aliphatic rings. The molecule has 1 aliphatic heterocycles. The van der Waals surface area contributed by atoms with Crippen molar-refractivity contribution in [3.63, 3.8) is 0 Å². The van der Waals surface area contributed by atoms with E-state index in [9.17, 15) is 0 Å². The van der Waals surface area contributed by atoms with Gasteiger partial charge < -0.3 is 15.2 Å². The Morgan fingerprint density at radius 1 is 1.42 bits per heavy atom. The molecule has 1 aromatic rings. The second-order valence-corrected chi connectivity index (χ2v) is 2.84. The third-order valence-electron chi connectivity index (χ3n) is 1.72. The summed E-state index contributed by atoms with van der Waals surface area (Å²) in [6.45, 7) is 1.47. The van der Waals surface area contributed by atoms with Gasteiger partial charge in [-0.1, -0.05) is 0 Å². The smallest absolute Gasteiger partial charge is 0.119 e. The van der Waals surface area contributed by atoms with Crippen molar-refractivity contribution in [2.45, 2.75) is 6.10 Å². The average Bonchev–Trinajstić information content (AvgIpc) is 2.87. The number of hydrogen-bond donors (Lipinski definition) is 1. The molecule has 0 bridgehead atoms. The molecule has 1 saturated heterocycles. The van der Waals surface area contributed by atoms with Gasteiger partial charge in [0.2, 0.25) is 0 Å². The molecule has 12 heavy (non-hydrogen) atoms. The van der Waals surface area contributed by atoms with Gasteiger partial charge in [-0.15, -0.1) is 0 Å². The highest BCUT2D eigenvalue weighted by Crippen LogP contribution is 2.16. The highest BCUT2D eigenvalue weighted by atomic mass is 16.6. The quantitative estimate of drug-likeness (QED) is 0.538. The number of rotatable bonds is 3. The number of nitrogens with two attached hydrogens (primary N) is 1. The van der Waals surface area contributed by atoms with Crippen LogP contribution in [0.2, 0.25) is 0 Å². The molecule has 1 fully saturated rings. The molecule has 2 rings (SSSR count). The zero-order chi connectivity index (χ0) is 8.39. The SMILES string of the molecule is Nc1ccc(OC[C@@H]2CO2)cc1. The minimum absolute atomic E-state index is 0.308. The summed E-state index contributed by atoms with van der Waals surface area (Å²) in [5, 5.41) is 0. The molecule has 1 aromatic carbocycles. The minimum atomic E-state index is 0.308. The number of nitrogen functional groups attached to an aromatic ring is 1. The first-order chi connectivity index (χ1) is 5.84. The lowest BCUT2D eigenvalue weighted by Crippen LogP contribution is -2.03. The van der Waals surface area contributed by atoms with E-state index < -0.39 is 0 Å². The Labute approximate surface area is 71.1 Å². The van der Waals surface area contributed by atoms with Crippen molar-refractivity contribution in [1.82, 2.24) is 0 Å². The molecule has 0 spiro atoms. The molecule has 2 N–H and O–H groups in total. The van der Waals surface area contributed by atoms with Crippen LogP contribution >= 0.6 is 0 Å². The van der Waals surface area contributed by atoms with Gasteiger partial charge in [0, 0.05) is 5.69 Å². The fraction of sp³-hybridized carbons (Fsp3) is 0.333. The Morgan fingerprint density at radius 2 is 2.08 bits per heavy atom. The van der Waals surface area contributed by atoms with E-state index in [-0.39, 0.29) is 0 Å². The summed E-state index contributed by atoms with van der Waals surface area (Å²) in [5.41, 5.74) is 6.27. The summed E-state index contributed by atoms with van der Waals surface area (Å²) in [4.78, 5) is 0. The third-order valence-corrected chi connectivity index (χ3v) is 1.72. The van der Waals surface area contributed by atoms with Gasteiger partial charge in [0.15, 0.2) is 0 Å². The number of benzene rings is 1. The standard InChI is InChI=1S/C9H11NO2/c10-7-1-3-8(4-2-7)11-5-9-6-12-9/h1-4,9H,5-6,10H2/t9-/m1/s1. The van der Waals surface area contributed by atoms with E-state index in [2.05, 4.69) is 0 Å². The maximum Gasteiger partial charge on any atom is 0.119 e. The van der Waals surface area contributed by atoms with E-state index in [1.807, 2.05) is 24.3 Å². The summed E-state index contributed by atoms with van der Waals surface area (Å²) in [7, 11) is 0. The Hall–Kier alpha value is -1.22. The van der Waals surface area contributed by atoms with Gasteiger partial charge in [-0.25, -0.2) is 0 Å². The first kappa shape index (κ1) is 7.43. The summed E-state index contributed by atoms with van der Waals surface area (Å²) < 4.78 is 10.4. The molecule has 3 heteroatoms. The predicted octanol–water partition coefficient (Wildman–Crippen LogP) is 1.05. The lowest BCUT2D eigenvalue weighted by atomic mass is 10.3. The summed E-state index contributed by atoms with van der Waals surface area (Å²) in [6.07, 6.45) is 0.308. The molecule has 0 radical (unpaired) electrons. The zero-order valence-corrected chi connectivity index (χ0v) is 6.69. The largest absolute Gasteiger partial charge is 0.491 e. The van der Waals surface area contributed by atoms with Crippen molar-refractivity contribution in [2.24, 2.45) is 0 Å². The summed E-state index contributed by atoms with van der Waals surface area (Å²) >= 11 is 0. The number of epoxide rings is 1. The predicted molar refractivity (Wildman–Crippen MR) is 46.1 cm³/mol. The van der Waals surface area contributed by atoms with Gasteiger partial charge in [0.25, 0.3) is 0 Å². The first-order valence-corrected chi connectivity index (χ1v) is 3.94. The van der Waals surface area contributed by atoms with Crippen LogP contribution in [-0.2, 0) is 4.74 Å². The Morgan fingerprint density at radius 3 is 2.67 bits per heavy atom. The lowest BCUT2D eigenvalue weighted by molar-refractivity contribution is 0.263. The monoisotopic (exact) mass is 165 g/mol. The van der Waals surface area contributed by atoms with E-state index in [4.69, 9.17) is 15.2 Å². The van der Waals surface area contributed by atoms with Gasteiger partial charge >= 0.3 is 0 Å². The first-order valence-electron chi connectivity index (χ1n) is 3.94. The van der Waals surface area contributed by atoms with Gasteiger partial charge in [-0.2, -0.15) is 0 Å². The molecular weight excluding hydrogens is 154 g/mol. The number of ether oxygens (including phenoxy) is 2. The maximum atomic E-state index is 5.51. The van der Waals surface area contributed by atoms with Gasteiger partial charge in [0.1, 0.15) is 18.5 Å². The molecule has 1 heterocycles. The second kappa shape index (κ2) is 3.03. The van der Waals surface area contributed by atoms with Crippen LogP contribution in [0.1, 0.15) is 0 Å². The lowest BCUT2D eigenvalue weighted by Gasteiger charge is -2.03. The van der Waals surface area contributed by atoms with Crippen LogP contribution in [0.15, 0.2) is 24.3 Å². The van der Waals surface area contributed by atoms with E-state index >= 15 is 0 Å². The van der Waals surface area contributed by atoms with Gasteiger partial charge in [-0.05, 0) is 24.3 Å².